The Morgan fingerprint density at radius 2 is 1.75 bits per heavy atom. The van der Waals surface area contributed by atoms with Crippen LogP contribution in [0.25, 0.3) is 0 Å². The lowest BCUT2D eigenvalue weighted by Crippen LogP contribution is -2.57. The van der Waals surface area contributed by atoms with Gasteiger partial charge in [0.1, 0.15) is 0 Å². The van der Waals surface area contributed by atoms with Crippen LogP contribution in [0, 0.1) is 5.41 Å². The first-order valence-corrected chi connectivity index (χ1v) is 4.19. The van der Waals surface area contributed by atoms with Crippen molar-refractivity contribution in [1.29, 1.82) is 0 Å². The van der Waals surface area contributed by atoms with Crippen LogP contribution in [0.2, 0.25) is 0 Å². The molecule has 70 valence electrons. The molecule has 2 bridgehead atoms. The van der Waals surface area contributed by atoms with Crippen LogP contribution in [0.15, 0.2) is 0 Å². The summed E-state index contributed by atoms with van der Waals surface area (Å²) in [5.41, 5.74) is -1.49. The Kier molecular flexibility index (Phi) is 1.37. The van der Waals surface area contributed by atoms with Gasteiger partial charge in [-0.05, 0) is 32.7 Å². The number of fused-ring (bicyclic) bond motifs is 1. The zero-order valence-corrected chi connectivity index (χ0v) is 6.96. The molecule has 0 aliphatic heterocycles. The molecule has 0 spiro atoms. The Bertz CT molecular complexity index is 203. The summed E-state index contributed by atoms with van der Waals surface area (Å²) in [6.07, 6.45) is -2.40. The molecule has 4 heteroatoms. The van der Waals surface area contributed by atoms with Crippen LogP contribution in [0.4, 0.5) is 13.2 Å². The van der Waals surface area contributed by atoms with Crippen LogP contribution < -0.4 is 5.32 Å². The number of rotatable bonds is 1. The van der Waals surface area contributed by atoms with E-state index in [-0.39, 0.29) is 5.54 Å². The maximum Gasteiger partial charge on any atom is 0.394 e. The highest BCUT2D eigenvalue weighted by molar-refractivity contribution is 5.18. The largest absolute Gasteiger partial charge is 0.394 e. The van der Waals surface area contributed by atoms with Crippen molar-refractivity contribution in [3.05, 3.63) is 0 Å². The molecular weight excluding hydrogens is 167 g/mol. The maximum absolute atomic E-state index is 12.5. The highest BCUT2D eigenvalue weighted by Gasteiger charge is 2.71. The first kappa shape index (κ1) is 8.35. The van der Waals surface area contributed by atoms with Gasteiger partial charge in [-0.15, -0.1) is 0 Å². The van der Waals surface area contributed by atoms with E-state index >= 15 is 0 Å². The molecule has 3 fully saturated rings. The molecule has 3 aliphatic rings. The van der Waals surface area contributed by atoms with Crippen molar-refractivity contribution in [2.75, 3.05) is 7.05 Å². The molecule has 0 radical (unpaired) electrons. The molecular formula is C8H12F3N. The van der Waals surface area contributed by atoms with E-state index in [4.69, 9.17) is 0 Å². The molecule has 1 N–H and O–H groups in total. The SMILES string of the molecule is CNC12CCC(C(F)(F)F)(C1)C2. The fourth-order valence-corrected chi connectivity index (χ4v) is 2.72. The zero-order chi connectivity index (χ0) is 9.04. The second-order valence-electron chi connectivity index (χ2n) is 4.16. The fraction of sp³-hybridized carbons (Fsp3) is 1.00. The molecule has 0 aromatic rings. The second kappa shape index (κ2) is 1.97. The number of halogens is 3. The van der Waals surface area contributed by atoms with Crippen molar-refractivity contribution in [3.8, 4) is 0 Å². The van der Waals surface area contributed by atoms with Gasteiger partial charge in [-0.3, -0.25) is 0 Å². The zero-order valence-electron chi connectivity index (χ0n) is 6.96. The monoisotopic (exact) mass is 179 g/mol. The average molecular weight is 179 g/mol. The van der Waals surface area contributed by atoms with Crippen LogP contribution in [-0.2, 0) is 0 Å². The van der Waals surface area contributed by atoms with Gasteiger partial charge in [0.15, 0.2) is 0 Å². The highest BCUT2D eigenvalue weighted by atomic mass is 19.4. The van der Waals surface area contributed by atoms with Crippen molar-refractivity contribution in [2.24, 2.45) is 5.41 Å². The van der Waals surface area contributed by atoms with Gasteiger partial charge in [-0.25, -0.2) is 0 Å². The number of hydrogen-bond acceptors (Lipinski definition) is 1. The molecule has 3 saturated carbocycles. The van der Waals surface area contributed by atoms with E-state index in [0.29, 0.717) is 25.7 Å². The quantitative estimate of drug-likeness (QED) is 0.649. The smallest absolute Gasteiger partial charge is 0.314 e. The van der Waals surface area contributed by atoms with Crippen molar-refractivity contribution < 1.29 is 13.2 Å². The molecule has 0 aromatic heterocycles. The molecule has 12 heavy (non-hydrogen) atoms. The normalized spacial score (nSPS) is 46.0. The summed E-state index contributed by atoms with van der Waals surface area (Å²) in [4.78, 5) is 0. The number of hydrogen-bond donors (Lipinski definition) is 1. The minimum atomic E-state index is -3.98. The standard InChI is InChI=1S/C8H12F3N/c1-12-7-3-2-6(4-7,5-7)8(9,10)11/h12H,2-5H2,1H3. The third-order valence-corrected chi connectivity index (χ3v) is 3.57. The molecule has 0 unspecified atom stereocenters. The van der Waals surface area contributed by atoms with Crippen LogP contribution in [0.3, 0.4) is 0 Å². The molecule has 3 rings (SSSR count). The molecule has 0 saturated heterocycles. The van der Waals surface area contributed by atoms with Crippen molar-refractivity contribution >= 4 is 0 Å². The van der Waals surface area contributed by atoms with Crippen molar-refractivity contribution in [2.45, 2.75) is 37.4 Å². The van der Waals surface area contributed by atoms with E-state index in [2.05, 4.69) is 5.32 Å². The van der Waals surface area contributed by atoms with E-state index in [1.165, 1.54) is 0 Å². The van der Waals surface area contributed by atoms with Gasteiger partial charge in [-0.1, -0.05) is 0 Å². The molecule has 0 heterocycles. The van der Waals surface area contributed by atoms with Gasteiger partial charge in [0.25, 0.3) is 0 Å². The summed E-state index contributed by atoms with van der Waals surface area (Å²) in [6.45, 7) is 0. The number of alkyl halides is 3. The van der Waals surface area contributed by atoms with Gasteiger partial charge in [0, 0.05) is 5.54 Å². The summed E-state index contributed by atoms with van der Waals surface area (Å²) in [6, 6.07) is 0. The Morgan fingerprint density at radius 3 is 2.00 bits per heavy atom. The summed E-state index contributed by atoms with van der Waals surface area (Å²) < 4.78 is 37.4. The molecule has 3 aliphatic carbocycles. The fourth-order valence-electron chi connectivity index (χ4n) is 2.72. The molecule has 0 amide bonds. The van der Waals surface area contributed by atoms with Crippen molar-refractivity contribution in [1.82, 2.24) is 5.32 Å². The lowest BCUT2D eigenvalue weighted by Gasteiger charge is -2.48. The Balaban J connectivity index is 2.14. The minimum Gasteiger partial charge on any atom is -0.314 e. The van der Waals surface area contributed by atoms with Crippen LogP contribution in [0.1, 0.15) is 25.7 Å². The van der Waals surface area contributed by atoms with E-state index in [9.17, 15) is 13.2 Å². The topological polar surface area (TPSA) is 12.0 Å². The average Bonchev–Trinajstić information content (AvgIpc) is 2.37. The highest BCUT2D eigenvalue weighted by Crippen LogP contribution is 2.67. The summed E-state index contributed by atoms with van der Waals surface area (Å²) in [5, 5.41) is 3.00. The van der Waals surface area contributed by atoms with E-state index < -0.39 is 11.6 Å². The van der Waals surface area contributed by atoms with Gasteiger partial charge in [0.05, 0.1) is 5.41 Å². The van der Waals surface area contributed by atoms with Gasteiger partial charge in [-0.2, -0.15) is 13.2 Å². The predicted octanol–water partition coefficient (Wildman–Crippen LogP) is 2.08. The van der Waals surface area contributed by atoms with E-state index in [0.717, 1.165) is 0 Å². The molecule has 0 atom stereocenters. The summed E-state index contributed by atoms with van der Waals surface area (Å²) >= 11 is 0. The Labute approximate surface area is 69.3 Å². The van der Waals surface area contributed by atoms with Gasteiger partial charge in [0.2, 0.25) is 0 Å². The first-order valence-electron chi connectivity index (χ1n) is 4.19. The van der Waals surface area contributed by atoms with Crippen LogP contribution in [0.5, 0.6) is 0 Å². The molecule has 1 nitrogen and oxygen atoms in total. The maximum atomic E-state index is 12.5. The number of nitrogens with one attached hydrogen (secondary N) is 1. The van der Waals surface area contributed by atoms with E-state index in [1.807, 2.05) is 0 Å². The van der Waals surface area contributed by atoms with Crippen molar-refractivity contribution in [3.63, 3.8) is 0 Å². The van der Waals surface area contributed by atoms with Gasteiger partial charge >= 0.3 is 6.18 Å². The third kappa shape index (κ3) is 0.789. The third-order valence-electron chi connectivity index (χ3n) is 3.57. The van der Waals surface area contributed by atoms with Gasteiger partial charge < -0.3 is 5.32 Å². The first-order chi connectivity index (χ1) is 5.43. The second-order valence-corrected chi connectivity index (χ2v) is 4.16. The Hall–Kier alpha value is -0.250. The molecule has 0 aromatic carbocycles. The summed E-state index contributed by atoms with van der Waals surface area (Å²) in [5.74, 6) is 0. The van der Waals surface area contributed by atoms with Crippen LogP contribution in [-0.4, -0.2) is 18.8 Å². The Morgan fingerprint density at radius 1 is 1.17 bits per heavy atom. The minimum absolute atomic E-state index is 0.171. The van der Waals surface area contributed by atoms with Crippen LogP contribution >= 0.6 is 0 Å². The lowest BCUT2D eigenvalue weighted by atomic mass is 9.64. The lowest BCUT2D eigenvalue weighted by molar-refractivity contribution is -0.249. The van der Waals surface area contributed by atoms with E-state index in [1.54, 1.807) is 7.05 Å². The predicted molar refractivity (Wildman–Crippen MR) is 38.7 cm³/mol. The summed E-state index contributed by atoms with van der Waals surface area (Å²) in [7, 11) is 1.76.